The zero-order valence-electron chi connectivity index (χ0n) is 15.4. The second-order valence-electron chi connectivity index (χ2n) is 6.19. The maximum absolute atomic E-state index is 10.7. The van der Waals surface area contributed by atoms with Crippen molar-refractivity contribution in [3.63, 3.8) is 0 Å². The molecule has 0 unspecified atom stereocenters. The van der Waals surface area contributed by atoms with E-state index in [2.05, 4.69) is 20.7 Å². The van der Waals surface area contributed by atoms with Crippen molar-refractivity contribution in [2.24, 2.45) is 20.7 Å². The van der Waals surface area contributed by atoms with E-state index in [4.69, 9.17) is 0 Å². The van der Waals surface area contributed by atoms with E-state index in [0.717, 1.165) is 6.42 Å². The highest BCUT2D eigenvalue weighted by Gasteiger charge is 2.13. The van der Waals surface area contributed by atoms with Crippen molar-refractivity contribution in [1.29, 1.82) is 0 Å². The van der Waals surface area contributed by atoms with E-state index in [0.29, 0.717) is 37.6 Å². The molecule has 3 rings (SSSR count). The molecule has 0 radical (unpaired) electrons. The van der Waals surface area contributed by atoms with Gasteiger partial charge in [-0.05, 0) is 30.7 Å². The molecule has 0 spiro atoms. The molecule has 2 aromatic carbocycles. The van der Waals surface area contributed by atoms with Gasteiger partial charge in [-0.1, -0.05) is 10.4 Å². The van der Waals surface area contributed by atoms with E-state index in [1.807, 2.05) is 10.0 Å². The third kappa shape index (κ3) is 5.76. The Morgan fingerprint density at radius 2 is 1.03 bits per heavy atom. The van der Waals surface area contributed by atoms with Gasteiger partial charge in [-0.2, -0.15) is 0 Å². The minimum atomic E-state index is -0.463. The molecule has 0 bridgehead atoms. The lowest BCUT2D eigenvalue weighted by molar-refractivity contribution is -0.385. The van der Waals surface area contributed by atoms with Gasteiger partial charge in [0.2, 0.25) is 0 Å². The fourth-order valence-corrected chi connectivity index (χ4v) is 2.58. The Hall–Kier alpha value is -3.96. The summed E-state index contributed by atoms with van der Waals surface area (Å²) in [5, 5.41) is 41.6. The molecular formula is C17H18N8O4. The minimum Gasteiger partial charge on any atom is -0.277 e. The van der Waals surface area contributed by atoms with Gasteiger partial charge in [-0.25, -0.2) is 0 Å². The number of nitro groups is 2. The molecule has 1 fully saturated rings. The molecule has 1 aliphatic heterocycles. The van der Waals surface area contributed by atoms with Gasteiger partial charge in [-0.15, -0.1) is 10.2 Å². The van der Waals surface area contributed by atoms with Crippen LogP contribution in [0.25, 0.3) is 0 Å². The summed E-state index contributed by atoms with van der Waals surface area (Å²) in [6, 6.07) is 11.7. The molecule has 12 heteroatoms. The lowest BCUT2D eigenvalue weighted by atomic mass is 10.3. The fraction of sp³-hybridized carbons (Fsp3) is 0.294. The lowest BCUT2D eigenvalue weighted by Gasteiger charge is -2.15. The van der Waals surface area contributed by atoms with Crippen molar-refractivity contribution in [2.45, 2.75) is 6.42 Å². The predicted octanol–water partition coefficient (Wildman–Crippen LogP) is 4.21. The summed E-state index contributed by atoms with van der Waals surface area (Å²) in [7, 11) is 0. The number of rotatable bonds is 6. The zero-order chi connectivity index (χ0) is 20.6. The van der Waals surface area contributed by atoms with Crippen LogP contribution in [0.5, 0.6) is 0 Å². The van der Waals surface area contributed by atoms with Crippen molar-refractivity contribution in [2.75, 3.05) is 26.2 Å². The van der Waals surface area contributed by atoms with Crippen LogP contribution in [-0.4, -0.2) is 46.0 Å². The predicted molar refractivity (Wildman–Crippen MR) is 103 cm³/mol. The molecule has 0 atom stereocenters. The quantitative estimate of drug-likeness (QED) is 0.405. The van der Waals surface area contributed by atoms with Crippen LogP contribution in [0.1, 0.15) is 6.42 Å². The van der Waals surface area contributed by atoms with E-state index in [1.54, 1.807) is 24.3 Å². The summed E-state index contributed by atoms with van der Waals surface area (Å²) < 4.78 is 0. The highest BCUT2D eigenvalue weighted by molar-refractivity contribution is 5.44. The number of hydrogen-bond acceptors (Lipinski definition) is 8. The maximum atomic E-state index is 10.7. The molecule has 0 aromatic heterocycles. The zero-order valence-corrected chi connectivity index (χ0v) is 15.4. The monoisotopic (exact) mass is 398 g/mol. The summed E-state index contributed by atoms with van der Waals surface area (Å²) in [5.74, 6) is 0. The summed E-state index contributed by atoms with van der Waals surface area (Å²) in [6.45, 7) is 2.57. The first-order valence-electron chi connectivity index (χ1n) is 8.83. The van der Waals surface area contributed by atoms with Crippen molar-refractivity contribution in [1.82, 2.24) is 10.0 Å². The van der Waals surface area contributed by atoms with E-state index in [1.165, 1.54) is 24.3 Å². The average molecular weight is 398 g/mol. The Labute approximate surface area is 165 Å². The van der Waals surface area contributed by atoms with Crippen molar-refractivity contribution < 1.29 is 9.85 Å². The normalized spacial score (nSPS) is 15.0. The topological polar surface area (TPSA) is 142 Å². The average Bonchev–Trinajstić information content (AvgIpc) is 2.96. The van der Waals surface area contributed by atoms with Crippen LogP contribution in [0.15, 0.2) is 69.2 Å². The van der Waals surface area contributed by atoms with Crippen molar-refractivity contribution in [3.8, 4) is 0 Å². The molecule has 12 nitrogen and oxygen atoms in total. The fourth-order valence-electron chi connectivity index (χ4n) is 2.58. The molecule has 150 valence electrons. The van der Waals surface area contributed by atoms with Crippen LogP contribution < -0.4 is 0 Å². The summed E-state index contributed by atoms with van der Waals surface area (Å²) in [4.78, 5) is 20.4. The van der Waals surface area contributed by atoms with Crippen molar-refractivity contribution in [3.05, 3.63) is 68.8 Å². The van der Waals surface area contributed by atoms with E-state index in [9.17, 15) is 20.2 Å². The van der Waals surface area contributed by atoms with Crippen LogP contribution in [0.4, 0.5) is 22.7 Å². The number of hydrogen-bond donors (Lipinski definition) is 0. The number of nitrogens with zero attached hydrogens (tertiary/aromatic N) is 8. The van der Waals surface area contributed by atoms with Gasteiger partial charge in [0.15, 0.2) is 0 Å². The molecule has 0 aliphatic carbocycles. The summed E-state index contributed by atoms with van der Waals surface area (Å²) >= 11 is 0. The van der Waals surface area contributed by atoms with Crippen LogP contribution in [0.2, 0.25) is 0 Å². The highest BCUT2D eigenvalue weighted by Crippen LogP contribution is 2.20. The first-order chi connectivity index (χ1) is 14.0. The van der Waals surface area contributed by atoms with Crippen LogP contribution >= 0.6 is 0 Å². The summed E-state index contributed by atoms with van der Waals surface area (Å²) in [5.41, 5.74) is 1.09. The van der Waals surface area contributed by atoms with Crippen LogP contribution in [-0.2, 0) is 0 Å². The first kappa shape index (κ1) is 19.8. The first-order valence-corrected chi connectivity index (χ1v) is 8.83. The van der Waals surface area contributed by atoms with E-state index < -0.39 is 9.85 Å². The van der Waals surface area contributed by atoms with Gasteiger partial charge in [0.25, 0.3) is 11.4 Å². The highest BCUT2D eigenvalue weighted by atomic mass is 16.6. The van der Waals surface area contributed by atoms with Gasteiger partial charge in [-0.3, -0.25) is 30.2 Å². The van der Waals surface area contributed by atoms with Gasteiger partial charge >= 0.3 is 0 Å². The van der Waals surface area contributed by atoms with Gasteiger partial charge in [0.05, 0.1) is 34.3 Å². The Bertz CT molecular complexity index is 839. The summed E-state index contributed by atoms with van der Waals surface area (Å²) in [6.07, 6.45) is 0.804. The third-order valence-corrected chi connectivity index (χ3v) is 4.14. The third-order valence-electron chi connectivity index (χ3n) is 4.14. The van der Waals surface area contributed by atoms with Crippen LogP contribution in [0.3, 0.4) is 0 Å². The second-order valence-corrected chi connectivity index (χ2v) is 6.19. The molecule has 1 heterocycles. The molecule has 0 N–H and O–H groups in total. The Balaban J connectivity index is 1.53. The van der Waals surface area contributed by atoms with Gasteiger partial charge < -0.3 is 0 Å². The molecular weight excluding hydrogens is 380 g/mol. The Morgan fingerprint density at radius 3 is 1.38 bits per heavy atom. The van der Waals surface area contributed by atoms with Crippen molar-refractivity contribution >= 4 is 22.7 Å². The van der Waals surface area contributed by atoms with E-state index in [-0.39, 0.29) is 11.4 Å². The number of non-ortho nitro benzene ring substituents is 2. The lowest BCUT2D eigenvalue weighted by Crippen LogP contribution is -2.24. The number of benzene rings is 2. The minimum absolute atomic E-state index is 0.00717. The Kier molecular flexibility index (Phi) is 6.35. The van der Waals surface area contributed by atoms with Crippen LogP contribution in [0, 0.1) is 20.2 Å². The SMILES string of the molecule is O=[N+]([O-])c1ccc(N=NN2CCCN(N=Nc3ccc([N+](=O)[O-])cc3)CC2)cc1. The molecule has 29 heavy (non-hydrogen) atoms. The largest absolute Gasteiger partial charge is 0.277 e. The Morgan fingerprint density at radius 1 is 0.655 bits per heavy atom. The molecule has 1 aliphatic rings. The molecule has 0 amide bonds. The number of nitro benzene ring substituents is 2. The molecule has 1 saturated heterocycles. The smallest absolute Gasteiger partial charge is 0.269 e. The van der Waals surface area contributed by atoms with E-state index >= 15 is 0 Å². The maximum Gasteiger partial charge on any atom is 0.269 e. The standard InChI is InChI=1S/C17H18N8O4/c26-24(27)16-6-2-14(3-7-16)18-20-22-10-1-11-23(13-12-22)21-19-15-4-8-17(9-5-15)25(28)29/h2-9H,1,10-13H2. The molecule has 2 aromatic rings. The second kappa shape index (κ2) is 9.30. The van der Waals surface area contributed by atoms with Gasteiger partial charge in [0.1, 0.15) is 0 Å². The van der Waals surface area contributed by atoms with Gasteiger partial charge in [0, 0.05) is 37.4 Å². The molecule has 0 saturated carbocycles.